The van der Waals surface area contributed by atoms with E-state index in [1.807, 2.05) is 31.2 Å². The van der Waals surface area contributed by atoms with E-state index in [-0.39, 0.29) is 17.5 Å². The maximum Gasteiger partial charge on any atom is 0.265 e. The number of para-hydroxylation sites is 1. The van der Waals surface area contributed by atoms with Crippen molar-refractivity contribution in [2.45, 2.75) is 30.9 Å². The zero-order chi connectivity index (χ0) is 14.3. The first kappa shape index (κ1) is 13.6. The minimum absolute atomic E-state index is 0.0881. The number of benzene rings is 1. The van der Waals surface area contributed by atoms with Gasteiger partial charge >= 0.3 is 0 Å². The molecular weight excluding hydrogens is 294 g/mol. The predicted octanol–water partition coefficient (Wildman–Crippen LogP) is 2.38. The van der Waals surface area contributed by atoms with Crippen LogP contribution >= 0.6 is 11.3 Å². The van der Waals surface area contributed by atoms with Crippen LogP contribution in [0.2, 0.25) is 0 Å². The van der Waals surface area contributed by atoms with Crippen molar-refractivity contribution >= 4 is 27.0 Å². The van der Waals surface area contributed by atoms with Crippen LogP contribution in [0, 0.1) is 0 Å². The van der Waals surface area contributed by atoms with Crippen molar-refractivity contribution in [3.05, 3.63) is 46.2 Å². The lowest BCUT2D eigenvalue weighted by Crippen LogP contribution is -2.35. The van der Waals surface area contributed by atoms with Crippen LogP contribution in [-0.2, 0) is 23.1 Å². The average molecular weight is 309 g/mol. The molecular formula is C14H15NO3S2. The molecule has 0 bridgehead atoms. The first-order chi connectivity index (χ1) is 9.54. The van der Waals surface area contributed by atoms with Gasteiger partial charge in [0.25, 0.3) is 10.0 Å². The molecule has 0 fully saturated rings. The highest BCUT2D eigenvalue weighted by molar-refractivity contribution is 7.93. The summed E-state index contributed by atoms with van der Waals surface area (Å²) in [4.78, 5) is 0.916. The third kappa shape index (κ3) is 2.04. The normalized spacial score (nSPS) is 18.3. The van der Waals surface area contributed by atoms with Crippen molar-refractivity contribution in [2.75, 3.05) is 4.31 Å². The zero-order valence-corrected chi connectivity index (χ0v) is 12.6. The fourth-order valence-electron chi connectivity index (χ4n) is 2.60. The van der Waals surface area contributed by atoms with Gasteiger partial charge in [-0.25, -0.2) is 8.42 Å². The second kappa shape index (κ2) is 4.87. The van der Waals surface area contributed by atoms with Crippen LogP contribution in [0.5, 0.6) is 0 Å². The van der Waals surface area contributed by atoms with Gasteiger partial charge < -0.3 is 5.11 Å². The summed E-state index contributed by atoms with van der Waals surface area (Å²) in [5.41, 5.74) is 1.82. The van der Waals surface area contributed by atoms with Gasteiger partial charge in [0.2, 0.25) is 0 Å². The van der Waals surface area contributed by atoms with E-state index in [1.165, 1.54) is 15.6 Å². The molecule has 0 saturated carbocycles. The minimum Gasteiger partial charge on any atom is -0.391 e. The summed E-state index contributed by atoms with van der Waals surface area (Å²) in [6.45, 7) is 1.78. The number of hydrogen-bond acceptors (Lipinski definition) is 4. The molecule has 1 aromatic heterocycles. The SMILES string of the molecule is CC1Cc2ccccc2N1S(=O)(=O)c1csc(CO)c1. The molecule has 0 spiro atoms. The second-order valence-electron chi connectivity index (χ2n) is 4.89. The van der Waals surface area contributed by atoms with Crippen LogP contribution in [0.25, 0.3) is 0 Å². The summed E-state index contributed by atoms with van der Waals surface area (Å²) in [5.74, 6) is 0. The van der Waals surface area contributed by atoms with Gasteiger partial charge in [-0.1, -0.05) is 18.2 Å². The molecule has 3 rings (SSSR count). The van der Waals surface area contributed by atoms with Crippen molar-refractivity contribution in [3.63, 3.8) is 0 Å². The molecule has 106 valence electrons. The number of hydrogen-bond donors (Lipinski definition) is 1. The van der Waals surface area contributed by atoms with Gasteiger partial charge in [0.15, 0.2) is 0 Å². The standard InChI is InChI=1S/C14H15NO3S2/c1-10-6-11-4-2-3-5-14(11)15(10)20(17,18)13-7-12(8-16)19-9-13/h2-5,7,9-10,16H,6,8H2,1H3. The smallest absolute Gasteiger partial charge is 0.265 e. The van der Waals surface area contributed by atoms with E-state index in [2.05, 4.69) is 0 Å². The molecule has 0 radical (unpaired) electrons. The Morgan fingerprint density at radius 1 is 1.40 bits per heavy atom. The maximum absolute atomic E-state index is 12.8. The molecule has 1 atom stereocenters. The minimum atomic E-state index is -3.56. The molecule has 2 aromatic rings. The fourth-order valence-corrected chi connectivity index (χ4v) is 5.41. The summed E-state index contributed by atoms with van der Waals surface area (Å²) < 4.78 is 27.1. The Morgan fingerprint density at radius 3 is 2.85 bits per heavy atom. The first-order valence-corrected chi connectivity index (χ1v) is 8.66. The quantitative estimate of drug-likeness (QED) is 0.947. The third-order valence-electron chi connectivity index (χ3n) is 3.49. The molecule has 0 amide bonds. The van der Waals surface area contributed by atoms with Crippen molar-refractivity contribution in [3.8, 4) is 0 Å². The number of fused-ring (bicyclic) bond motifs is 1. The summed E-state index contributed by atoms with van der Waals surface area (Å²) in [6, 6.07) is 9.05. The summed E-state index contributed by atoms with van der Waals surface area (Å²) >= 11 is 1.26. The number of sulfonamides is 1. The van der Waals surface area contributed by atoms with E-state index in [0.29, 0.717) is 4.88 Å². The number of anilines is 1. The number of aliphatic hydroxyl groups excluding tert-OH is 1. The van der Waals surface area contributed by atoms with Crippen LogP contribution in [0.15, 0.2) is 40.6 Å². The molecule has 2 heterocycles. The lowest BCUT2D eigenvalue weighted by Gasteiger charge is -2.23. The van der Waals surface area contributed by atoms with E-state index >= 15 is 0 Å². The molecule has 1 N–H and O–H groups in total. The van der Waals surface area contributed by atoms with Crippen LogP contribution in [0.3, 0.4) is 0 Å². The highest BCUT2D eigenvalue weighted by atomic mass is 32.2. The highest BCUT2D eigenvalue weighted by Crippen LogP contribution is 2.37. The third-order valence-corrected chi connectivity index (χ3v) is 6.46. The largest absolute Gasteiger partial charge is 0.391 e. The van der Waals surface area contributed by atoms with E-state index in [4.69, 9.17) is 5.11 Å². The topological polar surface area (TPSA) is 57.6 Å². The second-order valence-corrected chi connectivity index (χ2v) is 7.70. The van der Waals surface area contributed by atoms with Gasteiger partial charge in [0.05, 0.1) is 17.2 Å². The predicted molar refractivity (Wildman–Crippen MR) is 79.5 cm³/mol. The number of thiophene rings is 1. The molecule has 6 heteroatoms. The summed E-state index contributed by atoms with van der Waals surface area (Å²) in [7, 11) is -3.56. The number of rotatable bonds is 3. The van der Waals surface area contributed by atoms with Crippen LogP contribution in [-0.4, -0.2) is 19.6 Å². The Morgan fingerprint density at radius 2 is 2.15 bits per heavy atom. The molecule has 1 aliphatic rings. The molecule has 0 aliphatic carbocycles. The van der Waals surface area contributed by atoms with Crippen molar-refractivity contribution in [1.82, 2.24) is 0 Å². The van der Waals surface area contributed by atoms with Gasteiger partial charge in [-0.2, -0.15) is 0 Å². The molecule has 20 heavy (non-hydrogen) atoms. The summed E-state index contributed by atoms with van der Waals surface area (Å²) in [5, 5.41) is 10.7. The van der Waals surface area contributed by atoms with Gasteiger partial charge in [0.1, 0.15) is 0 Å². The van der Waals surface area contributed by atoms with Gasteiger partial charge in [-0.05, 0) is 31.0 Å². The lowest BCUT2D eigenvalue weighted by molar-refractivity contribution is 0.285. The van der Waals surface area contributed by atoms with E-state index in [9.17, 15) is 8.42 Å². The molecule has 4 nitrogen and oxygen atoms in total. The van der Waals surface area contributed by atoms with Crippen LogP contribution in [0.4, 0.5) is 5.69 Å². The Labute approximate surface area is 122 Å². The highest BCUT2D eigenvalue weighted by Gasteiger charge is 2.36. The van der Waals surface area contributed by atoms with Crippen molar-refractivity contribution < 1.29 is 13.5 Å². The monoisotopic (exact) mass is 309 g/mol. The zero-order valence-electron chi connectivity index (χ0n) is 11.0. The fraction of sp³-hybridized carbons (Fsp3) is 0.286. The number of nitrogens with zero attached hydrogens (tertiary/aromatic N) is 1. The first-order valence-electron chi connectivity index (χ1n) is 6.34. The van der Waals surface area contributed by atoms with E-state index < -0.39 is 10.0 Å². The molecule has 1 aliphatic heterocycles. The van der Waals surface area contributed by atoms with Crippen molar-refractivity contribution in [2.24, 2.45) is 0 Å². The Bertz CT molecular complexity index is 736. The maximum atomic E-state index is 12.8. The average Bonchev–Trinajstić information content (AvgIpc) is 3.01. The molecule has 1 aromatic carbocycles. The number of aliphatic hydroxyl groups is 1. The summed E-state index contributed by atoms with van der Waals surface area (Å²) in [6.07, 6.45) is 0.729. The van der Waals surface area contributed by atoms with Crippen LogP contribution in [0.1, 0.15) is 17.4 Å². The Balaban J connectivity index is 2.07. The van der Waals surface area contributed by atoms with Gasteiger partial charge in [-0.3, -0.25) is 4.31 Å². The van der Waals surface area contributed by atoms with E-state index in [1.54, 1.807) is 11.4 Å². The van der Waals surface area contributed by atoms with E-state index in [0.717, 1.165) is 17.7 Å². The Hall–Kier alpha value is -1.37. The van der Waals surface area contributed by atoms with Gasteiger partial charge in [-0.15, -0.1) is 11.3 Å². The van der Waals surface area contributed by atoms with Crippen LogP contribution < -0.4 is 4.31 Å². The lowest BCUT2D eigenvalue weighted by atomic mass is 10.1. The molecule has 1 unspecified atom stereocenters. The van der Waals surface area contributed by atoms with Gasteiger partial charge in [0, 0.05) is 16.3 Å². The van der Waals surface area contributed by atoms with Crippen molar-refractivity contribution in [1.29, 1.82) is 0 Å². The Kier molecular flexibility index (Phi) is 3.32. The molecule has 0 saturated heterocycles.